The van der Waals surface area contributed by atoms with Crippen LogP contribution in [0.3, 0.4) is 0 Å². The lowest BCUT2D eigenvalue weighted by atomic mass is 10.0. The summed E-state index contributed by atoms with van der Waals surface area (Å²) in [6.45, 7) is 3.63. The fourth-order valence-corrected chi connectivity index (χ4v) is 2.49. The third-order valence-corrected chi connectivity index (χ3v) is 4.31. The summed E-state index contributed by atoms with van der Waals surface area (Å²) in [5.74, 6) is 0. The summed E-state index contributed by atoms with van der Waals surface area (Å²) in [6.07, 6.45) is 2.96. The molecule has 3 atom stereocenters. The van der Waals surface area contributed by atoms with Crippen LogP contribution < -0.4 is 0 Å². The molecule has 0 heterocycles. The van der Waals surface area contributed by atoms with Gasteiger partial charge in [-0.1, -0.05) is 66.7 Å². The normalized spacial score (nSPS) is 17.1. The quantitative estimate of drug-likeness (QED) is 0.803. The molecule has 0 bridgehead atoms. The van der Waals surface area contributed by atoms with Gasteiger partial charge in [0.15, 0.2) is 0 Å². The fraction of sp³-hybridized carbons (Fsp3) is 0.300. The fourth-order valence-electron chi connectivity index (χ4n) is 2.49. The average molecular weight is 311 g/mol. The van der Waals surface area contributed by atoms with E-state index in [-0.39, 0.29) is 6.04 Å². The Morgan fingerprint density at radius 3 is 2.09 bits per heavy atom. The molecule has 0 amide bonds. The maximum absolute atomic E-state index is 10.7. The zero-order valence-corrected chi connectivity index (χ0v) is 13.9. The number of aliphatic hydroxyl groups is 2. The van der Waals surface area contributed by atoms with Crippen molar-refractivity contribution in [3.05, 3.63) is 77.9 Å². The highest BCUT2D eigenvalue weighted by molar-refractivity contribution is 5.49. The van der Waals surface area contributed by atoms with Crippen LogP contribution in [0.25, 0.3) is 6.08 Å². The van der Waals surface area contributed by atoms with E-state index in [1.807, 2.05) is 80.7 Å². The minimum Gasteiger partial charge on any atom is -0.387 e. The van der Waals surface area contributed by atoms with Gasteiger partial charge >= 0.3 is 0 Å². The standard InChI is InChI=1S/C20H25NO2/c1-16(19(22)18-12-8-5-9-13-18)21(3)20(2,23)15-14-17-10-6-4-7-11-17/h4-16,19,22-23H,1-3H3/b15-14+/t16-,19+,20?/m0/s1. The number of benzene rings is 2. The first kappa shape index (κ1) is 17.4. The lowest BCUT2D eigenvalue weighted by Gasteiger charge is -2.38. The molecule has 0 aliphatic rings. The van der Waals surface area contributed by atoms with Crippen LogP contribution in [-0.2, 0) is 0 Å². The second kappa shape index (κ2) is 7.55. The molecular weight excluding hydrogens is 286 g/mol. The Hall–Kier alpha value is -1.94. The van der Waals surface area contributed by atoms with Crippen molar-refractivity contribution in [1.82, 2.24) is 4.90 Å². The summed E-state index contributed by atoms with van der Waals surface area (Å²) < 4.78 is 0. The van der Waals surface area contributed by atoms with Gasteiger partial charge in [-0.3, -0.25) is 4.90 Å². The maximum atomic E-state index is 10.7. The van der Waals surface area contributed by atoms with Gasteiger partial charge in [-0.15, -0.1) is 0 Å². The Morgan fingerprint density at radius 1 is 1.00 bits per heavy atom. The molecule has 2 N–H and O–H groups in total. The molecule has 0 aliphatic heterocycles. The second-order valence-corrected chi connectivity index (χ2v) is 6.05. The van der Waals surface area contributed by atoms with E-state index in [4.69, 9.17) is 0 Å². The molecule has 0 radical (unpaired) electrons. The predicted octanol–water partition coefficient (Wildman–Crippen LogP) is 3.46. The van der Waals surface area contributed by atoms with E-state index in [2.05, 4.69) is 0 Å². The summed E-state index contributed by atoms with van der Waals surface area (Å²) >= 11 is 0. The summed E-state index contributed by atoms with van der Waals surface area (Å²) in [5.41, 5.74) is 0.706. The molecule has 2 aromatic carbocycles. The topological polar surface area (TPSA) is 43.7 Å². The van der Waals surface area contributed by atoms with Gasteiger partial charge in [-0.2, -0.15) is 0 Å². The lowest BCUT2D eigenvalue weighted by molar-refractivity contribution is -0.0842. The number of hydrogen-bond donors (Lipinski definition) is 2. The molecule has 0 aromatic heterocycles. The first-order chi connectivity index (χ1) is 10.9. The molecule has 0 saturated carbocycles. The van der Waals surface area contributed by atoms with Gasteiger partial charge < -0.3 is 10.2 Å². The minimum absolute atomic E-state index is 0.243. The molecule has 0 fully saturated rings. The van der Waals surface area contributed by atoms with Gasteiger partial charge in [0.2, 0.25) is 0 Å². The van der Waals surface area contributed by atoms with E-state index in [1.165, 1.54) is 0 Å². The van der Waals surface area contributed by atoms with Crippen molar-refractivity contribution < 1.29 is 10.2 Å². The maximum Gasteiger partial charge on any atom is 0.135 e. The van der Waals surface area contributed by atoms with Crippen molar-refractivity contribution in [2.45, 2.75) is 31.7 Å². The van der Waals surface area contributed by atoms with E-state index < -0.39 is 11.8 Å². The predicted molar refractivity (Wildman–Crippen MR) is 94.7 cm³/mol. The largest absolute Gasteiger partial charge is 0.387 e. The number of likely N-dealkylation sites (N-methyl/N-ethyl adjacent to an activating group) is 1. The van der Waals surface area contributed by atoms with Gasteiger partial charge in [-0.05, 0) is 38.1 Å². The third-order valence-electron chi connectivity index (χ3n) is 4.31. The smallest absolute Gasteiger partial charge is 0.135 e. The van der Waals surface area contributed by atoms with Crippen molar-refractivity contribution >= 4 is 6.08 Å². The Labute approximate surface area is 138 Å². The molecule has 0 spiro atoms. The molecule has 2 rings (SSSR count). The Morgan fingerprint density at radius 2 is 1.52 bits per heavy atom. The van der Waals surface area contributed by atoms with E-state index in [0.717, 1.165) is 11.1 Å². The number of nitrogens with zero attached hydrogens (tertiary/aromatic N) is 1. The minimum atomic E-state index is -1.16. The number of hydrogen-bond acceptors (Lipinski definition) is 3. The molecule has 3 nitrogen and oxygen atoms in total. The Kier molecular flexibility index (Phi) is 5.72. The van der Waals surface area contributed by atoms with Crippen molar-refractivity contribution in [2.75, 3.05) is 7.05 Å². The van der Waals surface area contributed by atoms with Crippen molar-refractivity contribution in [2.24, 2.45) is 0 Å². The summed E-state index contributed by atoms with van der Waals surface area (Å²) in [7, 11) is 1.81. The van der Waals surface area contributed by atoms with Crippen LogP contribution in [0, 0.1) is 0 Å². The molecule has 0 aliphatic carbocycles. The van der Waals surface area contributed by atoms with Gasteiger partial charge in [0.05, 0.1) is 6.10 Å². The van der Waals surface area contributed by atoms with Crippen LogP contribution in [0.5, 0.6) is 0 Å². The molecule has 3 heteroatoms. The van der Waals surface area contributed by atoms with Crippen molar-refractivity contribution in [3.8, 4) is 0 Å². The Bertz CT molecular complexity index is 623. The molecule has 122 valence electrons. The number of aliphatic hydroxyl groups excluding tert-OH is 1. The van der Waals surface area contributed by atoms with Gasteiger partial charge in [0.1, 0.15) is 5.72 Å². The zero-order valence-electron chi connectivity index (χ0n) is 13.9. The van der Waals surface area contributed by atoms with E-state index >= 15 is 0 Å². The third kappa shape index (κ3) is 4.52. The van der Waals surface area contributed by atoms with Crippen LogP contribution in [0.2, 0.25) is 0 Å². The highest BCUT2D eigenvalue weighted by atomic mass is 16.3. The van der Waals surface area contributed by atoms with Crippen LogP contribution in [0.15, 0.2) is 66.7 Å². The van der Waals surface area contributed by atoms with Gasteiger partial charge in [0.25, 0.3) is 0 Å². The first-order valence-corrected chi connectivity index (χ1v) is 7.84. The molecule has 0 saturated heterocycles. The summed E-state index contributed by atoms with van der Waals surface area (Å²) in [6, 6.07) is 19.1. The van der Waals surface area contributed by atoms with Crippen LogP contribution >= 0.6 is 0 Å². The highest BCUT2D eigenvalue weighted by Crippen LogP contribution is 2.25. The summed E-state index contributed by atoms with van der Waals surface area (Å²) in [5, 5.41) is 21.3. The van der Waals surface area contributed by atoms with E-state index in [0.29, 0.717) is 0 Å². The van der Waals surface area contributed by atoms with Gasteiger partial charge in [-0.25, -0.2) is 0 Å². The molecule has 23 heavy (non-hydrogen) atoms. The lowest BCUT2D eigenvalue weighted by Crippen LogP contribution is -2.49. The monoisotopic (exact) mass is 311 g/mol. The zero-order chi connectivity index (χ0) is 16.9. The van der Waals surface area contributed by atoms with Crippen LogP contribution in [0.4, 0.5) is 0 Å². The second-order valence-electron chi connectivity index (χ2n) is 6.05. The summed E-state index contributed by atoms with van der Waals surface area (Å²) in [4.78, 5) is 1.77. The Balaban J connectivity index is 2.10. The number of rotatable bonds is 6. The molecule has 2 aromatic rings. The molecule has 1 unspecified atom stereocenters. The average Bonchev–Trinajstić information content (AvgIpc) is 2.59. The molecular formula is C20H25NO2. The SMILES string of the molecule is C[C@@H]([C@@H](O)c1ccccc1)N(C)C(C)(O)/C=C/c1ccccc1. The van der Waals surface area contributed by atoms with E-state index in [1.54, 1.807) is 17.9 Å². The van der Waals surface area contributed by atoms with Crippen molar-refractivity contribution in [1.29, 1.82) is 0 Å². The van der Waals surface area contributed by atoms with Crippen molar-refractivity contribution in [3.63, 3.8) is 0 Å². The van der Waals surface area contributed by atoms with Crippen LogP contribution in [0.1, 0.15) is 31.1 Å². The van der Waals surface area contributed by atoms with Crippen LogP contribution in [-0.4, -0.2) is 33.9 Å². The first-order valence-electron chi connectivity index (χ1n) is 7.84. The highest BCUT2D eigenvalue weighted by Gasteiger charge is 2.31. The van der Waals surface area contributed by atoms with Gasteiger partial charge in [0, 0.05) is 6.04 Å². The van der Waals surface area contributed by atoms with E-state index in [9.17, 15) is 10.2 Å².